The highest BCUT2D eigenvalue weighted by molar-refractivity contribution is 5.96. The van der Waals surface area contributed by atoms with E-state index in [1.807, 2.05) is 5.32 Å². The van der Waals surface area contributed by atoms with Crippen molar-refractivity contribution in [3.05, 3.63) is 12.2 Å². The molecule has 1 aromatic heterocycles. The molecule has 1 unspecified atom stereocenters. The molecule has 0 aliphatic rings. The quantitative estimate of drug-likeness (QED) is 0.573. The summed E-state index contributed by atoms with van der Waals surface area (Å²) < 4.78 is 4.50. The zero-order valence-corrected chi connectivity index (χ0v) is 8.06. The summed E-state index contributed by atoms with van der Waals surface area (Å²) in [6.07, 6.45) is 1.19. The summed E-state index contributed by atoms with van der Waals surface area (Å²) in [7, 11) is 0. The summed E-state index contributed by atoms with van der Waals surface area (Å²) in [5.74, 6) is -0.0836. The van der Waals surface area contributed by atoms with Crippen LogP contribution in [0.25, 0.3) is 0 Å². The third-order valence-electron chi connectivity index (χ3n) is 1.61. The molecular weight excluding hydrogens is 202 g/mol. The molecule has 0 aliphatic carbocycles. The number of carbonyl (C=O) groups excluding carboxylic acids is 2. The van der Waals surface area contributed by atoms with Gasteiger partial charge in [0.1, 0.15) is 0 Å². The fourth-order valence-corrected chi connectivity index (χ4v) is 0.837. The second-order valence-electron chi connectivity index (χ2n) is 2.80. The first-order chi connectivity index (χ1) is 7.09. The van der Waals surface area contributed by atoms with Crippen molar-refractivity contribution in [3.63, 3.8) is 0 Å². The van der Waals surface area contributed by atoms with Gasteiger partial charge in [0, 0.05) is 0 Å². The van der Waals surface area contributed by atoms with Gasteiger partial charge in [0.2, 0.25) is 12.3 Å². The number of amides is 3. The molecule has 1 heterocycles. The summed E-state index contributed by atoms with van der Waals surface area (Å²) in [5.41, 5.74) is 4.78. The van der Waals surface area contributed by atoms with Gasteiger partial charge in [-0.1, -0.05) is 5.16 Å². The Bertz CT molecular complexity index is 336. The molecule has 0 saturated carbocycles. The first-order valence-electron chi connectivity index (χ1n) is 4.18. The number of nitrogens with two attached hydrogens (primary N) is 1. The Balaban J connectivity index is 2.32. The van der Waals surface area contributed by atoms with E-state index in [4.69, 9.17) is 5.73 Å². The van der Waals surface area contributed by atoms with Crippen LogP contribution in [0.2, 0.25) is 0 Å². The van der Waals surface area contributed by atoms with Crippen LogP contribution >= 0.6 is 0 Å². The molecular formula is C7H11N5O3. The number of hydrogen-bond donors (Lipinski definition) is 3. The SMILES string of the molecule is CC(NCc1ncon1)C(=O)NC(N)=O. The normalized spacial score (nSPS) is 12.1. The summed E-state index contributed by atoms with van der Waals surface area (Å²) in [6, 6.07) is -1.45. The third kappa shape index (κ3) is 3.73. The summed E-state index contributed by atoms with van der Waals surface area (Å²) in [4.78, 5) is 25.3. The van der Waals surface area contributed by atoms with Crippen LogP contribution in [0.15, 0.2) is 10.9 Å². The van der Waals surface area contributed by atoms with Crippen molar-refractivity contribution in [2.75, 3.05) is 0 Å². The number of hydrogen-bond acceptors (Lipinski definition) is 6. The lowest BCUT2D eigenvalue weighted by Crippen LogP contribution is -2.46. The standard InChI is InChI=1S/C7H11N5O3/c1-4(6(13)11-7(8)14)9-2-5-10-3-15-12-5/h3-4,9H,2H2,1H3,(H3,8,11,13,14). The first kappa shape index (κ1) is 11.1. The van der Waals surface area contributed by atoms with E-state index in [9.17, 15) is 9.59 Å². The Kier molecular flexibility index (Phi) is 3.75. The van der Waals surface area contributed by atoms with Crippen LogP contribution in [0.5, 0.6) is 0 Å². The molecule has 1 atom stereocenters. The zero-order valence-electron chi connectivity index (χ0n) is 8.06. The molecule has 0 aromatic carbocycles. The molecule has 0 aliphatic heterocycles. The minimum absolute atomic E-state index is 0.268. The molecule has 82 valence electrons. The van der Waals surface area contributed by atoms with Crippen molar-refractivity contribution < 1.29 is 14.1 Å². The summed E-state index contributed by atoms with van der Waals surface area (Å²) in [5, 5.41) is 8.27. The lowest BCUT2D eigenvalue weighted by atomic mass is 10.3. The molecule has 0 bridgehead atoms. The van der Waals surface area contributed by atoms with Crippen molar-refractivity contribution in [1.29, 1.82) is 0 Å². The van der Waals surface area contributed by atoms with Gasteiger partial charge in [-0.15, -0.1) is 0 Å². The predicted molar refractivity (Wildman–Crippen MR) is 48.3 cm³/mol. The largest absolute Gasteiger partial charge is 0.351 e. The van der Waals surface area contributed by atoms with Gasteiger partial charge in [0.05, 0.1) is 12.6 Å². The molecule has 0 fully saturated rings. The monoisotopic (exact) mass is 213 g/mol. The fourth-order valence-electron chi connectivity index (χ4n) is 0.837. The van der Waals surface area contributed by atoms with E-state index in [0.717, 1.165) is 0 Å². The Hall–Kier alpha value is -1.96. The van der Waals surface area contributed by atoms with Crippen molar-refractivity contribution in [2.45, 2.75) is 19.5 Å². The average molecular weight is 213 g/mol. The maximum atomic E-state index is 11.2. The average Bonchev–Trinajstić information content (AvgIpc) is 2.65. The molecule has 1 rings (SSSR count). The topological polar surface area (TPSA) is 123 Å². The fraction of sp³-hybridized carbons (Fsp3) is 0.429. The van der Waals surface area contributed by atoms with Gasteiger partial charge in [-0.3, -0.25) is 15.4 Å². The van der Waals surface area contributed by atoms with Gasteiger partial charge in [0.15, 0.2) is 5.82 Å². The maximum absolute atomic E-state index is 11.2. The molecule has 0 radical (unpaired) electrons. The van der Waals surface area contributed by atoms with E-state index in [-0.39, 0.29) is 6.54 Å². The minimum Gasteiger partial charge on any atom is -0.351 e. The highest BCUT2D eigenvalue weighted by Gasteiger charge is 2.14. The molecule has 1 aromatic rings. The van der Waals surface area contributed by atoms with Crippen LogP contribution in [0.3, 0.4) is 0 Å². The van der Waals surface area contributed by atoms with Crippen LogP contribution in [0.1, 0.15) is 12.7 Å². The minimum atomic E-state index is -0.881. The Morgan fingerprint density at radius 2 is 2.40 bits per heavy atom. The second kappa shape index (κ2) is 5.05. The number of urea groups is 1. The molecule has 8 nitrogen and oxygen atoms in total. The number of imide groups is 1. The first-order valence-corrected chi connectivity index (χ1v) is 4.18. The van der Waals surface area contributed by atoms with Gasteiger partial charge < -0.3 is 10.3 Å². The van der Waals surface area contributed by atoms with Crippen molar-refractivity contribution in [2.24, 2.45) is 5.73 Å². The van der Waals surface area contributed by atoms with Crippen LogP contribution in [0, 0.1) is 0 Å². The summed E-state index contributed by atoms with van der Waals surface area (Å²) >= 11 is 0. The van der Waals surface area contributed by atoms with Gasteiger partial charge >= 0.3 is 6.03 Å². The van der Waals surface area contributed by atoms with Gasteiger partial charge in [-0.05, 0) is 6.92 Å². The lowest BCUT2D eigenvalue weighted by molar-refractivity contribution is -0.121. The molecule has 15 heavy (non-hydrogen) atoms. The Morgan fingerprint density at radius 3 is 2.93 bits per heavy atom. The van der Waals surface area contributed by atoms with E-state index >= 15 is 0 Å². The van der Waals surface area contributed by atoms with Gasteiger partial charge in [-0.2, -0.15) is 4.98 Å². The van der Waals surface area contributed by atoms with E-state index < -0.39 is 18.0 Å². The highest BCUT2D eigenvalue weighted by atomic mass is 16.5. The number of carbonyl (C=O) groups is 2. The summed E-state index contributed by atoms with van der Waals surface area (Å²) in [6.45, 7) is 1.85. The van der Waals surface area contributed by atoms with Crippen LogP contribution in [-0.4, -0.2) is 28.1 Å². The Morgan fingerprint density at radius 1 is 1.67 bits per heavy atom. The van der Waals surface area contributed by atoms with Crippen molar-refractivity contribution in [1.82, 2.24) is 20.8 Å². The second-order valence-corrected chi connectivity index (χ2v) is 2.80. The smallest absolute Gasteiger partial charge is 0.318 e. The van der Waals surface area contributed by atoms with Gasteiger partial charge in [-0.25, -0.2) is 4.79 Å². The van der Waals surface area contributed by atoms with E-state index in [1.165, 1.54) is 6.39 Å². The van der Waals surface area contributed by atoms with Crippen LogP contribution < -0.4 is 16.4 Å². The molecule has 8 heteroatoms. The molecule has 3 amide bonds. The number of nitrogens with one attached hydrogen (secondary N) is 2. The van der Waals surface area contributed by atoms with Crippen LogP contribution in [-0.2, 0) is 11.3 Å². The van der Waals surface area contributed by atoms with E-state index in [2.05, 4.69) is 20.0 Å². The zero-order chi connectivity index (χ0) is 11.3. The number of aromatic nitrogens is 2. The maximum Gasteiger partial charge on any atom is 0.318 e. The van der Waals surface area contributed by atoms with E-state index in [0.29, 0.717) is 5.82 Å². The van der Waals surface area contributed by atoms with Crippen molar-refractivity contribution >= 4 is 11.9 Å². The molecule has 0 spiro atoms. The van der Waals surface area contributed by atoms with Gasteiger partial charge in [0.25, 0.3) is 0 Å². The Labute approximate surface area is 85.2 Å². The number of primary amides is 1. The number of nitrogens with zero attached hydrogens (tertiary/aromatic N) is 2. The lowest BCUT2D eigenvalue weighted by Gasteiger charge is -2.10. The molecule has 0 saturated heterocycles. The van der Waals surface area contributed by atoms with Crippen molar-refractivity contribution in [3.8, 4) is 0 Å². The predicted octanol–water partition coefficient (Wildman–Crippen LogP) is -1.26. The molecule has 4 N–H and O–H groups in total. The van der Waals surface area contributed by atoms with Crippen LogP contribution in [0.4, 0.5) is 4.79 Å². The third-order valence-corrected chi connectivity index (χ3v) is 1.61. The number of rotatable bonds is 4. The van der Waals surface area contributed by atoms with E-state index in [1.54, 1.807) is 6.92 Å². The highest BCUT2D eigenvalue weighted by Crippen LogP contribution is 1.89.